The molecule has 2 rings (SSSR count). The Morgan fingerprint density at radius 1 is 1.14 bits per heavy atom. The number of hydrogen-bond acceptors (Lipinski definition) is 5. The second-order valence-electron chi connectivity index (χ2n) is 4.02. The molecule has 0 radical (unpaired) electrons. The molecule has 2 N–H and O–H groups in total. The standard InChI is InChI=1S/C12H9ClN2O5S/c13-11-6-1-8(7-12(11)16)14-21(19,20)10-4-2-9(3-5-10)15(17)18/h1-7,14,16H. The van der Waals surface area contributed by atoms with E-state index in [-0.39, 0.29) is 27.0 Å². The first-order valence-corrected chi connectivity index (χ1v) is 7.41. The number of benzene rings is 2. The molecule has 0 heterocycles. The summed E-state index contributed by atoms with van der Waals surface area (Å²) in [5, 5.41) is 20.0. The summed E-state index contributed by atoms with van der Waals surface area (Å²) < 4.78 is 26.4. The molecule has 0 fully saturated rings. The van der Waals surface area contributed by atoms with Crippen molar-refractivity contribution in [2.45, 2.75) is 4.90 Å². The lowest BCUT2D eigenvalue weighted by atomic mass is 10.3. The van der Waals surface area contributed by atoms with Gasteiger partial charge >= 0.3 is 0 Å². The van der Waals surface area contributed by atoms with Gasteiger partial charge < -0.3 is 5.11 Å². The number of hydrogen-bond donors (Lipinski definition) is 2. The van der Waals surface area contributed by atoms with Crippen molar-refractivity contribution < 1.29 is 18.4 Å². The number of halogens is 1. The van der Waals surface area contributed by atoms with E-state index in [0.29, 0.717) is 0 Å². The number of nitro groups is 1. The number of phenolic OH excluding ortho intramolecular Hbond substituents is 1. The molecule has 2 aromatic rings. The molecule has 0 aliphatic heterocycles. The molecule has 0 bridgehead atoms. The van der Waals surface area contributed by atoms with Gasteiger partial charge in [0.2, 0.25) is 0 Å². The van der Waals surface area contributed by atoms with E-state index in [0.717, 1.165) is 30.3 Å². The lowest BCUT2D eigenvalue weighted by molar-refractivity contribution is -0.384. The summed E-state index contributed by atoms with van der Waals surface area (Å²) in [7, 11) is -3.91. The van der Waals surface area contributed by atoms with E-state index >= 15 is 0 Å². The highest BCUT2D eigenvalue weighted by molar-refractivity contribution is 7.92. The van der Waals surface area contributed by atoms with Crippen molar-refractivity contribution in [2.24, 2.45) is 0 Å². The Hall–Kier alpha value is -2.32. The van der Waals surface area contributed by atoms with E-state index in [4.69, 9.17) is 11.6 Å². The van der Waals surface area contributed by atoms with Gasteiger partial charge in [0, 0.05) is 18.2 Å². The number of aromatic hydroxyl groups is 1. The van der Waals surface area contributed by atoms with Crippen LogP contribution in [0.15, 0.2) is 47.4 Å². The Labute approximate surface area is 125 Å². The fourth-order valence-electron chi connectivity index (χ4n) is 1.54. The molecular weight excluding hydrogens is 320 g/mol. The molecule has 0 saturated carbocycles. The third-order valence-electron chi connectivity index (χ3n) is 2.56. The highest BCUT2D eigenvalue weighted by atomic mass is 35.5. The molecule has 0 atom stereocenters. The van der Waals surface area contributed by atoms with Crippen LogP contribution >= 0.6 is 11.6 Å². The van der Waals surface area contributed by atoms with Gasteiger partial charge in [0.1, 0.15) is 5.75 Å². The monoisotopic (exact) mass is 328 g/mol. The lowest BCUT2D eigenvalue weighted by Gasteiger charge is -2.08. The molecule has 0 saturated heterocycles. The summed E-state index contributed by atoms with van der Waals surface area (Å²) in [6.45, 7) is 0. The number of non-ortho nitro benzene ring substituents is 1. The first kappa shape index (κ1) is 15.1. The summed E-state index contributed by atoms with van der Waals surface area (Å²) in [5.41, 5.74) is -0.0895. The van der Waals surface area contributed by atoms with Crippen molar-refractivity contribution in [3.05, 3.63) is 57.6 Å². The van der Waals surface area contributed by atoms with E-state index in [2.05, 4.69) is 4.72 Å². The molecule has 110 valence electrons. The van der Waals surface area contributed by atoms with Crippen molar-refractivity contribution >= 4 is 33.0 Å². The first-order valence-electron chi connectivity index (χ1n) is 5.55. The zero-order valence-corrected chi connectivity index (χ0v) is 11.9. The van der Waals surface area contributed by atoms with Crippen molar-refractivity contribution in [3.8, 4) is 5.75 Å². The molecular formula is C12H9ClN2O5S. The van der Waals surface area contributed by atoms with Crippen LogP contribution in [0.3, 0.4) is 0 Å². The van der Waals surface area contributed by atoms with E-state index in [1.165, 1.54) is 12.1 Å². The average Bonchev–Trinajstić information content (AvgIpc) is 2.43. The van der Waals surface area contributed by atoms with E-state index in [9.17, 15) is 23.6 Å². The summed E-state index contributed by atoms with van der Waals surface area (Å²) in [6, 6.07) is 8.30. The third kappa shape index (κ3) is 3.41. The Morgan fingerprint density at radius 2 is 1.76 bits per heavy atom. The van der Waals surface area contributed by atoms with Crippen LogP contribution in [-0.2, 0) is 10.0 Å². The molecule has 0 aromatic heterocycles. The molecule has 7 nitrogen and oxygen atoms in total. The number of rotatable bonds is 4. The van der Waals surface area contributed by atoms with Crippen LogP contribution in [0.1, 0.15) is 0 Å². The van der Waals surface area contributed by atoms with Gasteiger partial charge in [-0.2, -0.15) is 0 Å². The van der Waals surface area contributed by atoms with Gasteiger partial charge in [-0.05, 0) is 24.3 Å². The van der Waals surface area contributed by atoms with Crippen LogP contribution in [0, 0.1) is 10.1 Å². The maximum Gasteiger partial charge on any atom is 0.269 e. The third-order valence-corrected chi connectivity index (χ3v) is 4.27. The Balaban J connectivity index is 2.29. The van der Waals surface area contributed by atoms with Crippen molar-refractivity contribution in [1.82, 2.24) is 0 Å². The van der Waals surface area contributed by atoms with E-state index in [1.54, 1.807) is 0 Å². The SMILES string of the molecule is O=[N+]([O-])c1ccc(S(=O)(=O)Nc2ccc(Cl)c(O)c2)cc1. The maximum atomic E-state index is 12.1. The van der Waals surface area contributed by atoms with Crippen LogP contribution in [0.4, 0.5) is 11.4 Å². The topological polar surface area (TPSA) is 110 Å². The zero-order chi connectivity index (χ0) is 15.6. The number of nitrogens with one attached hydrogen (secondary N) is 1. The molecule has 0 unspecified atom stereocenters. The van der Waals surface area contributed by atoms with Gasteiger partial charge in [-0.3, -0.25) is 14.8 Å². The second-order valence-corrected chi connectivity index (χ2v) is 6.11. The Kier molecular flexibility index (Phi) is 4.01. The fourth-order valence-corrected chi connectivity index (χ4v) is 2.70. The van der Waals surface area contributed by atoms with Crippen LogP contribution in [-0.4, -0.2) is 18.4 Å². The van der Waals surface area contributed by atoms with Crippen LogP contribution < -0.4 is 4.72 Å². The van der Waals surface area contributed by atoms with Crippen molar-refractivity contribution in [3.63, 3.8) is 0 Å². The number of anilines is 1. The van der Waals surface area contributed by atoms with Crippen LogP contribution in [0.5, 0.6) is 5.75 Å². The van der Waals surface area contributed by atoms with E-state index in [1.807, 2.05) is 0 Å². The summed E-state index contributed by atoms with van der Waals surface area (Å²) in [6.07, 6.45) is 0. The van der Waals surface area contributed by atoms with Crippen molar-refractivity contribution in [2.75, 3.05) is 4.72 Å². The molecule has 0 aliphatic rings. The predicted molar refractivity (Wildman–Crippen MR) is 77.0 cm³/mol. The molecule has 9 heteroatoms. The number of nitrogens with zero attached hydrogens (tertiary/aromatic N) is 1. The summed E-state index contributed by atoms with van der Waals surface area (Å²) in [4.78, 5) is 9.76. The van der Waals surface area contributed by atoms with Gasteiger partial charge in [-0.1, -0.05) is 11.6 Å². The highest BCUT2D eigenvalue weighted by Gasteiger charge is 2.16. The quantitative estimate of drug-likeness (QED) is 0.662. The van der Waals surface area contributed by atoms with Crippen molar-refractivity contribution in [1.29, 1.82) is 0 Å². The second kappa shape index (κ2) is 5.58. The molecule has 0 aliphatic carbocycles. The minimum atomic E-state index is -3.91. The zero-order valence-electron chi connectivity index (χ0n) is 10.4. The molecule has 2 aromatic carbocycles. The average molecular weight is 329 g/mol. The highest BCUT2D eigenvalue weighted by Crippen LogP contribution is 2.27. The maximum absolute atomic E-state index is 12.1. The molecule has 21 heavy (non-hydrogen) atoms. The summed E-state index contributed by atoms with van der Waals surface area (Å²) >= 11 is 5.62. The van der Waals surface area contributed by atoms with Gasteiger partial charge in [0.25, 0.3) is 15.7 Å². The first-order chi connectivity index (χ1) is 9.79. The smallest absolute Gasteiger partial charge is 0.269 e. The van der Waals surface area contributed by atoms with Gasteiger partial charge in [-0.25, -0.2) is 8.42 Å². The largest absolute Gasteiger partial charge is 0.506 e. The van der Waals surface area contributed by atoms with Crippen LogP contribution in [0.2, 0.25) is 5.02 Å². The number of nitro benzene ring substituents is 1. The summed E-state index contributed by atoms with van der Waals surface area (Å²) in [5.74, 6) is -0.263. The Morgan fingerprint density at radius 3 is 2.29 bits per heavy atom. The number of phenols is 1. The van der Waals surface area contributed by atoms with Gasteiger partial charge in [0.05, 0.1) is 20.5 Å². The van der Waals surface area contributed by atoms with Gasteiger partial charge in [-0.15, -0.1) is 0 Å². The molecule has 0 spiro atoms. The minimum absolute atomic E-state index is 0.0910. The number of sulfonamides is 1. The fraction of sp³-hybridized carbons (Fsp3) is 0. The van der Waals surface area contributed by atoms with E-state index < -0.39 is 14.9 Å². The minimum Gasteiger partial charge on any atom is -0.506 e. The van der Waals surface area contributed by atoms with Gasteiger partial charge in [0.15, 0.2) is 0 Å². The molecule has 0 amide bonds. The Bertz CT molecular complexity index is 790. The predicted octanol–water partition coefficient (Wildman–Crippen LogP) is 2.75. The van der Waals surface area contributed by atoms with Crippen LogP contribution in [0.25, 0.3) is 0 Å². The normalized spacial score (nSPS) is 11.1. The lowest BCUT2D eigenvalue weighted by Crippen LogP contribution is -2.12.